The lowest BCUT2D eigenvalue weighted by atomic mass is 10.3. The number of aromatic carboxylic acids is 1. The molecule has 6 heteroatoms. The number of hydrogen-bond donors (Lipinski definition) is 2. The molecule has 0 aliphatic rings. The molecule has 0 radical (unpaired) electrons. The predicted molar refractivity (Wildman–Crippen MR) is 77.8 cm³/mol. The average molecular weight is 288 g/mol. The molecular weight excluding hydrogens is 272 g/mol. The van der Waals surface area contributed by atoms with E-state index in [1.54, 1.807) is 44.4 Å². The Morgan fingerprint density at radius 2 is 1.86 bits per heavy atom. The van der Waals surface area contributed by atoms with Crippen LogP contribution in [-0.4, -0.2) is 28.7 Å². The molecule has 0 bridgehead atoms. The van der Waals surface area contributed by atoms with Gasteiger partial charge in [0.1, 0.15) is 18.0 Å². The summed E-state index contributed by atoms with van der Waals surface area (Å²) in [7, 11) is 1.57. The van der Waals surface area contributed by atoms with Crippen LogP contribution in [0.5, 0.6) is 5.75 Å². The maximum atomic E-state index is 12.0. The molecule has 1 heterocycles. The molecule has 0 spiro atoms. The first-order valence-electron chi connectivity index (χ1n) is 6.34. The molecule has 6 nitrogen and oxygen atoms in total. The van der Waals surface area contributed by atoms with Crippen LogP contribution in [0.15, 0.2) is 36.4 Å². The van der Waals surface area contributed by atoms with Crippen molar-refractivity contribution in [3.05, 3.63) is 47.8 Å². The molecular formula is C15H16N2O4. The van der Waals surface area contributed by atoms with Gasteiger partial charge in [0.05, 0.1) is 7.11 Å². The van der Waals surface area contributed by atoms with Crippen molar-refractivity contribution in [1.82, 2.24) is 4.57 Å². The Kier molecular flexibility index (Phi) is 4.27. The molecule has 0 aliphatic heterocycles. The van der Waals surface area contributed by atoms with E-state index in [9.17, 15) is 9.59 Å². The third-order valence-corrected chi connectivity index (χ3v) is 3.09. The highest BCUT2D eigenvalue weighted by Crippen LogP contribution is 2.15. The van der Waals surface area contributed by atoms with E-state index in [1.807, 2.05) is 0 Å². The number of benzene rings is 1. The molecule has 0 unspecified atom stereocenters. The average Bonchev–Trinajstić information content (AvgIpc) is 2.81. The number of nitrogens with one attached hydrogen (secondary N) is 1. The zero-order valence-corrected chi connectivity index (χ0v) is 11.8. The summed E-state index contributed by atoms with van der Waals surface area (Å²) in [6.07, 6.45) is 0. The van der Waals surface area contributed by atoms with E-state index in [-0.39, 0.29) is 18.1 Å². The normalized spacial score (nSPS) is 10.2. The smallest absolute Gasteiger partial charge is 0.352 e. The number of amides is 1. The fraction of sp³-hybridized carbons (Fsp3) is 0.200. The third-order valence-electron chi connectivity index (χ3n) is 3.09. The van der Waals surface area contributed by atoms with Gasteiger partial charge in [-0.15, -0.1) is 0 Å². The molecule has 2 rings (SSSR count). The monoisotopic (exact) mass is 288 g/mol. The number of ether oxygens (including phenoxy) is 1. The maximum absolute atomic E-state index is 12.0. The lowest BCUT2D eigenvalue weighted by Gasteiger charge is -2.10. The second-order valence-electron chi connectivity index (χ2n) is 4.53. The summed E-state index contributed by atoms with van der Waals surface area (Å²) in [4.78, 5) is 23.1. The first-order chi connectivity index (χ1) is 10.0. The summed E-state index contributed by atoms with van der Waals surface area (Å²) in [6.45, 7) is 1.71. The lowest BCUT2D eigenvalue weighted by molar-refractivity contribution is -0.116. The number of carboxylic acid groups (broad SMARTS) is 1. The number of carbonyl (C=O) groups is 2. The summed E-state index contributed by atoms with van der Waals surface area (Å²) in [5.74, 6) is -0.648. The van der Waals surface area contributed by atoms with Crippen molar-refractivity contribution in [2.75, 3.05) is 12.4 Å². The van der Waals surface area contributed by atoms with Crippen molar-refractivity contribution < 1.29 is 19.4 Å². The van der Waals surface area contributed by atoms with Crippen LogP contribution in [0.3, 0.4) is 0 Å². The number of aryl methyl sites for hydroxylation is 1. The molecule has 1 aromatic carbocycles. The van der Waals surface area contributed by atoms with E-state index < -0.39 is 5.97 Å². The Hall–Kier alpha value is -2.76. The number of hydrogen-bond acceptors (Lipinski definition) is 3. The Bertz CT molecular complexity index is 659. The van der Waals surface area contributed by atoms with Crippen LogP contribution in [0.4, 0.5) is 5.69 Å². The molecule has 0 saturated heterocycles. The first kappa shape index (κ1) is 14.6. The minimum Gasteiger partial charge on any atom is -0.497 e. The molecule has 0 aliphatic carbocycles. The van der Waals surface area contributed by atoms with Gasteiger partial charge in [-0.25, -0.2) is 4.79 Å². The van der Waals surface area contributed by atoms with Crippen molar-refractivity contribution in [3.8, 4) is 5.75 Å². The molecule has 0 atom stereocenters. The van der Waals surface area contributed by atoms with Gasteiger partial charge in [-0.05, 0) is 43.3 Å². The van der Waals surface area contributed by atoms with Crippen LogP contribution in [0, 0.1) is 6.92 Å². The summed E-state index contributed by atoms with van der Waals surface area (Å²) in [5, 5.41) is 11.8. The lowest BCUT2D eigenvalue weighted by Crippen LogP contribution is -2.22. The maximum Gasteiger partial charge on any atom is 0.352 e. The van der Waals surface area contributed by atoms with E-state index in [0.717, 1.165) is 5.69 Å². The van der Waals surface area contributed by atoms with Crippen LogP contribution >= 0.6 is 0 Å². The Morgan fingerprint density at radius 3 is 2.43 bits per heavy atom. The number of anilines is 1. The van der Waals surface area contributed by atoms with E-state index in [0.29, 0.717) is 11.4 Å². The van der Waals surface area contributed by atoms with Crippen LogP contribution in [-0.2, 0) is 11.3 Å². The van der Waals surface area contributed by atoms with E-state index >= 15 is 0 Å². The van der Waals surface area contributed by atoms with Gasteiger partial charge in [-0.1, -0.05) is 0 Å². The molecule has 110 valence electrons. The zero-order valence-electron chi connectivity index (χ0n) is 11.8. The molecule has 2 N–H and O–H groups in total. The van der Waals surface area contributed by atoms with Crippen molar-refractivity contribution >= 4 is 17.6 Å². The third kappa shape index (κ3) is 3.42. The van der Waals surface area contributed by atoms with Gasteiger partial charge in [0.25, 0.3) is 0 Å². The number of carbonyl (C=O) groups excluding carboxylic acids is 1. The second kappa shape index (κ2) is 6.13. The molecule has 0 saturated carbocycles. The quantitative estimate of drug-likeness (QED) is 0.883. The fourth-order valence-corrected chi connectivity index (χ4v) is 1.98. The molecule has 1 aromatic heterocycles. The molecule has 1 amide bonds. The number of carboxylic acids is 1. The van der Waals surface area contributed by atoms with Crippen LogP contribution in [0.1, 0.15) is 16.2 Å². The van der Waals surface area contributed by atoms with Crippen LogP contribution in [0.2, 0.25) is 0 Å². The summed E-state index contributed by atoms with van der Waals surface area (Å²) in [6, 6.07) is 10.1. The molecule has 2 aromatic rings. The standard InChI is InChI=1S/C15H16N2O4/c1-10-3-8-13(15(19)20)17(10)9-14(18)16-11-4-6-12(21-2)7-5-11/h3-8H,9H2,1-2H3,(H,16,18)(H,19,20). The van der Waals surface area contributed by atoms with Crippen LogP contribution in [0.25, 0.3) is 0 Å². The molecule has 21 heavy (non-hydrogen) atoms. The topological polar surface area (TPSA) is 80.6 Å². The SMILES string of the molecule is COc1ccc(NC(=O)Cn2c(C)ccc2C(=O)O)cc1. The van der Waals surface area contributed by atoms with Crippen molar-refractivity contribution in [2.24, 2.45) is 0 Å². The number of rotatable bonds is 5. The Morgan fingerprint density at radius 1 is 1.19 bits per heavy atom. The number of aromatic nitrogens is 1. The predicted octanol–water partition coefficient (Wildman–Crippen LogP) is 2.14. The minimum atomic E-state index is -1.06. The largest absolute Gasteiger partial charge is 0.497 e. The highest BCUT2D eigenvalue weighted by Gasteiger charge is 2.14. The van der Waals surface area contributed by atoms with Gasteiger partial charge in [0, 0.05) is 11.4 Å². The Balaban J connectivity index is 2.08. The zero-order chi connectivity index (χ0) is 15.4. The Labute approximate surface area is 122 Å². The first-order valence-corrected chi connectivity index (χ1v) is 6.34. The number of methoxy groups -OCH3 is 1. The van der Waals surface area contributed by atoms with Gasteiger partial charge in [-0.2, -0.15) is 0 Å². The van der Waals surface area contributed by atoms with E-state index in [2.05, 4.69) is 5.32 Å². The van der Waals surface area contributed by atoms with Gasteiger partial charge < -0.3 is 19.7 Å². The summed E-state index contributed by atoms with van der Waals surface area (Å²) < 4.78 is 6.49. The summed E-state index contributed by atoms with van der Waals surface area (Å²) in [5.41, 5.74) is 1.44. The van der Waals surface area contributed by atoms with Crippen molar-refractivity contribution in [1.29, 1.82) is 0 Å². The van der Waals surface area contributed by atoms with Gasteiger partial charge in [0.15, 0.2) is 0 Å². The molecule has 0 fully saturated rings. The van der Waals surface area contributed by atoms with Gasteiger partial charge in [0.2, 0.25) is 5.91 Å². The van der Waals surface area contributed by atoms with Crippen LogP contribution < -0.4 is 10.1 Å². The van der Waals surface area contributed by atoms with Crippen molar-refractivity contribution in [3.63, 3.8) is 0 Å². The minimum absolute atomic E-state index is 0.0491. The summed E-state index contributed by atoms with van der Waals surface area (Å²) >= 11 is 0. The van der Waals surface area contributed by atoms with E-state index in [4.69, 9.17) is 9.84 Å². The van der Waals surface area contributed by atoms with Gasteiger partial charge in [-0.3, -0.25) is 4.79 Å². The second-order valence-corrected chi connectivity index (χ2v) is 4.53. The van der Waals surface area contributed by atoms with E-state index in [1.165, 1.54) is 10.6 Å². The highest BCUT2D eigenvalue weighted by atomic mass is 16.5. The fourth-order valence-electron chi connectivity index (χ4n) is 1.98. The van der Waals surface area contributed by atoms with Crippen molar-refractivity contribution in [2.45, 2.75) is 13.5 Å². The number of nitrogens with zero attached hydrogens (tertiary/aromatic N) is 1. The van der Waals surface area contributed by atoms with Gasteiger partial charge >= 0.3 is 5.97 Å². The highest BCUT2D eigenvalue weighted by molar-refractivity contribution is 5.92.